The van der Waals surface area contributed by atoms with Crippen LogP contribution in [0.15, 0.2) is 0 Å². The lowest BCUT2D eigenvalue weighted by molar-refractivity contribution is -0.154. The van der Waals surface area contributed by atoms with Gasteiger partial charge in [0.05, 0.1) is 6.61 Å². The summed E-state index contributed by atoms with van der Waals surface area (Å²) < 4.78 is 6.15. The zero-order chi connectivity index (χ0) is 12.7. The number of hydrogen-bond acceptors (Lipinski definition) is 3. The fraction of sp³-hybridized carbons (Fsp3) is 1.00. The molecule has 0 saturated carbocycles. The second kappa shape index (κ2) is 4.52. The van der Waals surface area contributed by atoms with E-state index in [1.807, 2.05) is 0 Å². The summed E-state index contributed by atoms with van der Waals surface area (Å²) in [7, 11) is 0. The Kier molecular flexibility index (Phi) is 3.54. The fourth-order valence-corrected chi connectivity index (χ4v) is 2.83. The predicted octanol–water partition coefficient (Wildman–Crippen LogP) is 2.08. The molecule has 2 rings (SSSR count). The monoisotopic (exact) mass is 240 g/mol. The Morgan fingerprint density at radius 3 is 2.47 bits per heavy atom. The highest BCUT2D eigenvalue weighted by atomic mass is 16.5. The lowest BCUT2D eigenvalue weighted by atomic mass is 9.88. The van der Waals surface area contributed by atoms with E-state index in [2.05, 4.69) is 44.8 Å². The second-order valence-electron chi connectivity index (χ2n) is 6.99. The van der Waals surface area contributed by atoms with E-state index in [1.54, 1.807) is 0 Å². The van der Waals surface area contributed by atoms with Gasteiger partial charge in [0.2, 0.25) is 0 Å². The van der Waals surface area contributed by atoms with Crippen LogP contribution in [0.25, 0.3) is 0 Å². The van der Waals surface area contributed by atoms with Gasteiger partial charge in [0.15, 0.2) is 0 Å². The molecule has 2 aliphatic heterocycles. The summed E-state index contributed by atoms with van der Waals surface area (Å²) in [6.07, 6.45) is 1.25. The average Bonchev–Trinajstić information content (AvgIpc) is 2.73. The molecular weight excluding hydrogens is 212 g/mol. The van der Waals surface area contributed by atoms with E-state index in [1.165, 1.54) is 19.5 Å². The van der Waals surface area contributed by atoms with Crippen molar-refractivity contribution in [3.05, 3.63) is 0 Å². The molecule has 0 spiro atoms. The average molecular weight is 240 g/mol. The quantitative estimate of drug-likeness (QED) is 0.800. The summed E-state index contributed by atoms with van der Waals surface area (Å²) in [5.74, 6) is 0.626. The Labute approximate surface area is 106 Å². The minimum absolute atomic E-state index is 0.112. The van der Waals surface area contributed by atoms with Crippen molar-refractivity contribution in [1.29, 1.82) is 0 Å². The van der Waals surface area contributed by atoms with E-state index >= 15 is 0 Å². The van der Waals surface area contributed by atoms with Gasteiger partial charge in [0.1, 0.15) is 5.72 Å². The molecule has 0 bridgehead atoms. The topological polar surface area (TPSA) is 24.5 Å². The summed E-state index contributed by atoms with van der Waals surface area (Å²) in [6, 6.07) is 0.656. The van der Waals surface area contributed by atoms with Crippen molar-refractivity contribution in [3.63, 3.8) is 0 Å². The highest BCUT2D eigenvalue weighted by Crippen LogP contribution is 2.34. The SMILES string of the molecule is CC(C)N1CCC(C2(C)NCC(C)(C)CO2)C1. The van der Waals surface area contributed by atoms with E-state index < -0.39 is 0 Å². The van der Waals surface area contributed by atoms with E-state index in [0.717, 1.165) is 13.2 Å². The third-order valence-corrected chi connectivity index (χ3v) is 4.41. The van der Waals surface area contributed by atoms with Crippen LogP contribution < -0.4 is 5.32 Å². The van der Waals surface area contributed by atoms with Crippen molar-refractivity contribution < 1.29 is 4.74 Å². The summed E-state index contributed by atoms with van der Waals surface area (Å²) in [5.41, 5.74) is 0.162. The number of nitrogens with one attached hydrogen (secondary N) is 1. The van der Waals surface area contributed by atoms with Gasteiger partial charge in [-0.3, -0.25) is 5.32 Å². The first-order chi connectivity index (χ1) is 7.82. The van der Waals surface area contributed by atoms with Crippen LogP contribution in [0.5, 0.6) is 0 Å². The number of hydrogen-bond donors (Lipinski definition) is 1. The molecule has 2 atom stereocenters. The predicted molar refractivity (Wildman–Crippen MR) is 71.0 cm³/mol. The van der Waals surface area contributed by atoms with Crippen molar-refractivity contribution in [1.82, 2.24) is 10.2 Å². The molecule has 2 fully saturated rings. The summed E-state index contributed by atoms with van der Waals surface area (Å²) in [6.45, 7) is 15.6. The van der Waals surface area contributed by atoms with Gasteiger partial charge in [0.25, 0.3) is 0 Å². The molecule has 100 valence electrons. The Hall–Kier alpha value is -0.120. The standard InChI is InChI=1S/C14H28N2O/c1-11(2)16-7-6-12(8-16)14(5)15-9-13(3,4)10-17-14/h11-12,15H,6-10H2,1-5H3. The van der Waals surface area contributed by atoms with Gasteiger partial charge in [-0.1, -0.05) is 13.8 Å². The molecule has 1 N–H and O–H groups in total. The van der Waals surface area contributed by atoms with Gasteiger partial charge in [0, 0.05) is 30.5 Å². The Balaban J connectivity index is 1.95. The first kappa shape index (κ1) is 13.3. The molecule has 2 unspecified atom stereocenters. The van der Waals surface area contributed by atoms with Crippen LogP contribution in [0.2, 0.25) is 0 Å². The third kappa shape index (κ3) is 2.83. The first-order valence-corrected chi connectivity index (χ1v) is 6.95. The molecule has 2 saturated heterocycles. The molecule has 0 aromatic heterocycles. The molecule has 0 aliphatic carbocycles. The lowest BCUT2D eigenvalue weighted by Gasteiger charge is -2.45. The highest BCUT2D eigenvalue weighted by molar-refractivity contribution is 4.94. The van der Waals surface area contributed by atoms with Gasteiger partial charge in [-0.05, 0) is 33.7 Å². The zero-order valence-corrected chi connectivity index (χ0v) is 12.0. The Morgan fingerprint density at radius 1 is 1.29 bits per heavy atom. The first-order valence-electron chi connectivity index (χ1n) is 6.95. The lowest BCUT2D eigenvalue weighted by Crippen LogP contribution is -2.60. The zero-order valence-electron chi connectivity index (χ0n) is 12.0. The van der Waals surface area contributed by atoms with E-state index in [-0.39, 0.29) is 11.1 Å². The van der Waals surface area contributed by atoms with Crippen LogP contribution in [0, 0.1) is 11.3 Å². The molecule has 0 aromatic rings. The van der Waals surface area contributed by atoms with Crippen molar-refractivity contribution in [2.75, 3.05) is 26.2 Å². The molecular formula is C14H28N2O. The largest absolute Gasteiger partial charge is 0.360 e. The van der Waals surface area contributed by atoms with Gasteiger partial charge in [-0.15, -0.1) is 0 Å². The van der Waals surface area contributed by atoms with Crippen LogP contribution in [-0.4, -0.2) is 42.9 Å². The maximum Gasteiger partial charge on any atom is 0.120 e. The molecule has 0 aromatic carbocycles. The minimum Gasteiger partial charge on any atom is -0.360 e. The maximum atomic E-state index is 6.15. The summed E-state index contributed by atoms with van der Waals surface area (Å²) >= 11 is 0. The van der Waals surface area contributed by atoms with Crippen molar-refractivity contribution in [2.45, 2.75) is 52.8 Å². The Bertz CT molecular complexity index is 265. The second-order valence-corrected chi connectivity index (χ2v) is 6.99. The molecule has 17 heavy (non-hydrogen) atoms. The van der Waals surface area contributed by atoms with Gasteiger partial charge < -0.3 is 9.64 Å². The molecule has 0 radical (unpaired) electrons. The summed E-state index contributed by atoms with van der Waals surface area (Å²) in [4.78, 5) is 2.56. The number of ether oxygens (including phenoxy) is 1. The third-order valence-electron chi connectivity index (χ3n) is 4.41. The number of likely N-dealkylation sites (tertiary alicyclic amines) is 1. The molecule has 0 amide bonds. The van der Waals surface area contributed by atoms with Crippen LogP contribution in [0.1, 0.15) is 41.0 Å². The molecule has 2 aliphatic rings. The molecule has 3 heteroatoms. The van der Waals surface area contributed by atoms with Crippen molar-refractivity contribution >= 4 is 0 Å². The van der Waals surface area contributed by atoms with E-state index in [9.17, 15) is 0 Å². The van der Waals surface area contributed by atoms with Gasteiger partial charge in [-0.25, -0.2) is 0 Å². The number of nitrogens with zero attached hydrogens (tertiary/aromatic N) is 1. The molecule has 2 heterocycles. The van der Waals surface area contributed by atoms with Crippen LogP contribution in [0.3, 0.4) is 0 Å². The van der Waals surface area contributed by atoms with E-state index in [4.69, 9.17) is 4.74 Å². The van der Waals surface area contributed by atoms with E-state index in [0.29, 0.717) is 12.0 Å². The normalized spacial score (nSPS) is 38.8. The van der Waals surface area contributed by atoms with Gasteiger partial charge in [-0.2, -0.15) is 0 Å². The van der Waals surface area contributed by atoms with Crippen molar-refractivity contribution in [3.8, 4) is 0 Å². The minimum atomic E-state index is -0.112. The highest BCUT2D eigenvalue weighted by Gasteiger charge is 2.44. The maximum absolute atomic E-state index is 6.15. The van der Waals surface area contributed by atoms with Crippen LogP contribution >= 0.6 is 0 Å². The van der Waals surface area contributed by atoms with Crippen LogP contribution in [-0.2, 0) is 4.74 Å². The van der Waals surface area contributed by atoms with Crippen molar-refractivity contribution in [2.24, 2.45) is 11.3 Å². The smallest absolute Gasteiger partial charge is 0.120 e. The fourth-order valence-electron chi connectivity index (χ4n) is 2.83. The van der Waals surface area contributed by atoms with Crippen LogP contribution in [0.4, 0.5) is 0 Å². The Morgan fingerprint density at radius 2 is 2.00 bits per heavy atom. The summed E-state index contributed by atoms with van der Waals surface area (Å²) in [5, 5.41) is 3.64. The number of rotatable bonds is 2. The molecule has 3 nitrogen and oxygen atoms in total. The van der Waals surface area contributed by atoms with Gasteiger partial charge >= 0.3 is 0 Å².